The molecule has 0 saturated heterocycles. The Hall–Kier alpha value is -3.48. The Morgan fingerprint density at radius 3 is 2.17 bits per heavy atom. The molecule has 4 aromatic rings. The molecule has 1 amide bonds. The summed E-state index contributed by atoms with van der Waals surface area (Å²) in [7, 11) is 0. The van der Waals surface area contributed by atoms with Gasteiger partial charge in [0.15, 0.2) is 5.78 Å². The van der Waals surface area contributed by atoms with Crippen LogP contribution in [0.4, 0.5) is 6.01 Å². The second-order valence-corrected chi connectivity index (χ2v) is 7.11. The maximum Gasteiger partial charge on any atom is 0.322 e. The molecular weight excluding hydrogens is 425 g/mol. The van der Waals surface area contributed by atoms with E-state index in [0.29, 0.717) is 32.3 Å². The number of rotatable bonds is 5. The molecule has 0 saturated carbocycles. The van der Waals surface area contributed by atoms with Crippen LogP contribution >= 0.6 is 23.2 Å². The molecule has 4 rings (SSSR count). The van der Waals surface area contributed by atoms with Gasteiger partial charge in [-0.2, -0.15) is 0 Å². The molecule has 0 aliphatic rings. The predicted octanol–water partition coefficient (Wildman–Crippen LogP) is 5.53. The van der Waals surface area contributed by atoms with Gasteiger partial charge in [-0.1, -0.05) is 70.8 Å². The van der Waals surface area contributed by atoms with E-state index < -0.39 is 5.91 Å². The lowest BCUT2D eigenvalue weighted by Gasteiger charge is -2.04. The highest BCUT2D eigenvalue weighted by Crippen LogP contribution is 2.30. The van der Waals surface area contributed by atoms with E-state index in [0.717, 1.165) is 0 Å². The van der Waals surface area contributed by atoms with Crippen molar-refractivity contribution in [1.29, 1.82) is 0 Å². The average molecular weight is 438 g/mol. The molecule has 1 N–H and O–H groups in total. The maximum absolute atomic E-state index is 12.5. The van der Waals surface area contributed by atoms with Crippen LogP contribution in [-0.4, -0.2) is 21.9 Å². The first-order valence-electron chi connectivity index (χ1n) is 8.81. The number of nitrogens with one attached hydrogen (secondary N) is 1. The summed E-state index contributed by atoms with van der Waals surface area (Å²) in [4.78, 5) is 24.9. The van der Waals surface area contributed by atoms with Gasteiger partial charge in [0.25, 0.3) is 11.8 Å². The van der Waals surface area contributed by atoms with Crippen molar-refractivity contribution in [3.8, 4) is 11.5 Å². The van der Waals surface area contributed by atoms with Gasteiger partial charge in [-0.25, -0.2) is 0 Å². The van der Waals surface area contributed by atoms with E-state index in [9.17, 15) is 9.59 Å². The number of nitrogens with zero attached hydrogens (tertiary/aromatic N) is 2. The number of hydrogen-bond donors (Lipinski definition) is 1. The van der Waals surface area contributed by atoms with Gasteiger partial charge in [-0.05, 0) is 30.3 Å². The third kappa shape index (κ3) is 4.25. The largest absolute Gasteiger partial charge is 0.403 e. The number of aromatic nitrogens is 2. The molecule has 0 aliphatic heterocycles. The van der Waals surface area contributed by atoms with E-state index in [2.05, 4.69) is 15.5 Å². The van der Waals surface area contributed by atoms with Crippen molar-refractivity contribution in [3.05, 3.63) is 99.5 Å². The van der Waals surface area contributed by atoms with Crippen LogP contribution < -0.4 is 5.32 Å². The van der Waals surface area contributed by atoms with Gasteiger partial charge in [0.2, 0.25) is 0 Å². The zero-order valence-electron chi connectivity index (χ0n) is 15.3. The van der Waals surface area contributed by atoms with E-state index in [1.165, 1.54) is 0 Å². The van der Waals surface area contributed by atoms with Gasteiger partial charge in [0, 0.05) is 21.7 Å². The summed E-state index contributed by atoms with van der Waals surface area (Å²) in [6.07, 6.45) is 0. The number of ketones is 1. The summed E-state index contributed by atoms with van der Waals surface area (Å²) >= 11 is 12.0. The third-order valence-corrected chi connectivity index (χ3v) is 4.80. The third-order valence-electron chi connectivity index (χ3n) is 4.25. The van der Waals surface area contributed by atoms with E-state index in [4.69, 9.17) is 27.6 Å². The number of benzene rings is 3. The Balaban J connectivity index is 1.47. The second-order valence-electron chi connectivity index (χ2n) is 6.26. The number of anilines is 1. The summed E-state index contributed by atoms with van der Waals surface area (Å²) in [6, 6.07) is 20.0. The number of hydrogen-bond acceptors (Lipinski definition) is 5. The highest BCUT2D eigenvalue weighted by atomic mass is 35.5. The molecule has 0 atom stereocenters. The molecule has 8 heteroatoms. The zero-order chi connectivity index (χ0) is 21.1. The Morgan fingerprint density at radius 2 is 1.47 bits per heavy atom. The van der Waals surface area contributed by atoms with Crippen LogP contribution in [0.25, 0.3) is 11.5 Å². The second kappa shape index (κ2) is 8.49. The van der Waals surface area contributed by atoms with Gasteiger partial charge >= 0.3 is 6.01 Å². The van der Waals surface area contributed by atoms with Gasteiger partial charge in [-0.3, -0.25) is 14.9 Å². The van der Waals surface area contributed by atoms with Crippen LogP contribution in [0.15, 0.2) is 77.2 Å². The van der Waals surface area contributed by atoms with Crippen molar-refractivity contribution < 1.29 is 14.0 Å². The molecule has 30 heavy (non-hydrogen) atoms. The van der Waals surface area contributed by atoms with Crippen molar-refractivity contribution in [1.82, 2.24) is 10.2 Å². The smallest absolute Gasteiger partial charge is 0.322 e. The number of halogens is 2. The zero-order valence-corrected chi connectivity index (χ0v) is 16.8. The highest BCUT2D eigenvalue weighted by Gasteiger charge is 2.16. The van der Waals surface area contributed by atoms with Crippen molar-refractivity contribution in [2.45, 2.75) is 0 Å². The van der Waals surface area contributed by atoms with Crippen LogP contribution in [-0.2, 0) is 0 Å². The van der Waals surface area contributed by atoms with Crippen LogP contribution in [0.3, 0.4) is 0 Å². The monoisotopic (exact) mass is 437 g/mol. The Labute approximate surface area is 181 Å². The van der Waals surface area contributed by atoms with E-state index in [1.54, 1.807) is 66.7 Å². The molecule has 1 aromatic heterocycles. The lowest BCUT2D eigenvalue weighted by Crippen LogP contribution is -2.12. The lowest BCUT2D eigenvalue weighted by molar-refractivity contribution is 0.101. The summed E-state index contributed by atoms with van der Waals surface area (Å²) in [5.41, 5.74) is 1.89. The quantitative estimate of drug-likeness (QED) is 0.415. The van der Waals surface area contributed by atoms with Crippen molar-refractivity contribution in [2.24, 2.45) is 0 Å². The minimum Gasteiger partial charge on any atom is -0.403 e. The lowest BCUT2D eigenvalue weighted by atomic mass is 10.0. The summed E-state index contributed by atoms with van der Waals surface area (Å²) in [6.45, 7) is 0. The molecule has 0 bridgehead atoms. The predicted molar refractivity (Wildman–Crippen MR) is 114 cm³/mol. The van der Waals surface area contributed by atoms with Crippen molar-refractivity contribution >= 4 is 40.9 Å². The molecule has 6 nitrogen and oxygen atoms in total. The SMILES string of the molecule is O=C(Nc1nnc(-c2ccc(Cl)cc2Cl)o1)c1ccc(C(=O)c2ccccc2)cc1. The van der Waals surface area contributed by atoms with Crippen LogP contribution in [0.1, 0.15) is 26.3 Å². The highest BCUT2D eigenvalue weighted by molar-refractivity contribution is 6.36. The van der Waals surface area contributed by atoms with E-state index >= 15 is 0 Å². The first-order chi connectivity index (χ1) is 14.5. The molecule has 0 radical (unpaired) electrons. The van der Waals surface area contributed by atoms with Gasteiger partial charge in [0.1, 0.15) is 0 Å². The first kappa shape index (κ1) is 19.8. The Kier molecular flexibility index (Phi) is 5.61. The normalized spacial score (nSPS) is 10.6. The Bertz CT molecular complexity index is 1220. The molecule has 0 spiro atoms. The maximum atomic E-state index is 12.5. The molecule has 0 aliphatic carbocycles. The van der Waals surface area contributed by atoms with Crippen LogP contribution in [0.5, 0.6) is 0 Å². The topological polar surface area (TPSA) is 85.1 Å². The average Bonchev–Trinajstić information content (AvgIpc) is 3.22. The van der Waals surface area contributed by atoms with Crippen molar-refractivity contribution in [3.63, 3.8) is 0 Å². The fourth-order valence-electron chi connectivity index (χ4n) is 2.74. The molecule has 0 fully saturated rings. The van der Waals surface area contributed by atoms with Crippen LogP contribution in [0.2, 0.25) is 10.0 Å². The fraction of sp³-hybridized carbons (Fsp3) is 0. The van der Waals surface area contributed by atoms with E-state index in [1.807, 2.05) is 6.07 Å². The van der Waals surface area contributed by atoms with Gasteiger partial charge in [0.05, 0.1) is 10.6 Å². The molecule has 0 unspecified atom stereocenters. The Morgan fingerprint density at radius 1 is 0.800 bits per heavy atom. The number of amides is 1. The summed E-state index contributed by atoms with van der Waals surface area (Å²) in [5, 5.41) is 11.1. The summed E-state index contributed by atoms with van der Waals surface area (Å²) < 4.78 is 5.47. The minimum atomic E-state index is -0.453. The molecule has 3 aromatic carbocycles. The van der Waals surface area contributed by atoms with Crippen LogP contribution in [0, 0.1) is 0 Å². The molecule has 148 valence electrons. The van der Waals surface area contributed by atoms with Gasteiger partial charge in [-0.15, -0.1) is 5.10 Å². The summed E-state index contributed by atoms with van der Waals surface area (Å²) in [5.74, 6) is -0.425. The molecular formula is C22H13Cl2N3O3. The first-order valence-corrected chi connectivity index (χ1v) is 9.57. The standard InChI is InChI=1S/C22H13Cl2N3O3/c23-16-10-11-17(18(24)12-16)21-26-27-22(30-21)25-20(29)15-8-6-14(7-9-15)19(28)13-4-2-1-3-5-13/h1-12H,(H,25,27,29). The van der Waals surface area contributed by atoms with E-state index in [-0.39, 0.29) is 17.7 Å². The molecule has 1 heterocycles. The fourth-order valence-corrected chi connectivity index (χ4v) is 3.23. The van der Waals surface area contributed by atoms with Gasteiger partial charge < -0.3 is 4.42 Å². The minimum absolute atomic E-state index is 0.0783. The number of carbonyl (C=O) groups is 2. The van der Waals surface area contributed by atoms with Crippen molar-refractivity contribution in [2.75, 3.05) is 5.32 Å². The number of carbonyl (C=O) groups excluding carboxylic acids is 2.